The second-order valence-electron chi connectivity index (χ2n) is 7.69. The van der Waals surface area contributed by atoms with Crippen molar-refractivity contribution in [2.24, 2.45) is 13.0 Å². The molecule has 0 aromatic carbocycles. The lowest BCUT2D eigenvalue weighted by molar-refractivity contribution is -0.192. The van der Waals surface area contributed by atoms with E-state index >= 15 is 0 Å². The maximum Gasteiger partial charge on any atom is 0.490 e. The van der Waals surface area contributed by atoms with Crippen molar-refractivity contribution in [2.45, 2.75) is 44.2 Å². The lowest BCUT2D eigenvalue weighted by atomic mass is 9.99. The maximum absolute atomic E-state index is 12.7. The summed E-state index contributed by atoms with van der Waals surface area (Å²) in [5, 5.41) is 11.4. The van der Waals surface area contributed by atoms with E-state index in [1.165, 1.54) is 5.56 Å². The molecule has 11 heteroatoms. The number of nitrogens with zero attached hydrogens (tertiary/aromatic N) is 4. The molecule has 29 heavy (non-hydrogen) atoms. The van der Waals surface area contributed by atoms with Gasteiger partial charge in [0.15, 0.2) is 0 Å². The van der Waals surface area contributed by atoms with Crippen LogP contribution in [0.4, 0.5) is 13.2 Å². The summed E-state index contributed by atoms with van der Waals surface area (Å²) >= 11 is 0. The zero-order valence-electron chi connectivity index (χ0n) is 16.1. The first-order valence-corrected chi connectivity index (χ1v) is 9.57. The van der Waals surface area contributed by atoms with Gasteiger partial charge in [0.25, 0.3) is 0 Å². The molecule has 3 unspecified atom stereocenters. The molecule has 3 fully saturated rings. The van der Waals surface area contributed by atoms with Gasteiger partial charge in [-0.15, -0.1) is 0 Å². The number of rotatable bonds is 3. The van der Waals surface area contributed by atoms with Gasteiger partial charge < -0.3 is 14.7 Å². The van der Waals surface area contributed by atoms with Crippen LogP contribution in [0.3, 0.4) is 0 Å². The third-order valence-corrected chi connectivity index (χ3v) is 5.37. The molecule has 0 saturated carbocycles. The van der Waals surface area contributed by atoms with Gasteiger partial charge >= 0.3 is 12.1 Å². The van der Waals surface area contributed by atoms with E-state index in [-0.39, 0.29) is 18.1 Å². The second kappa shape index (κ2) is 8.70. The van der Waals surface area contributed by atoms with Gasteiger partial charge in [0.05, 0.1) is 24.3 Å². The molecule has 1 N–H and O–H groups in total. The average molecular weight is 418 g/mol. The normalized spacial score (nSPS) is 26.9. The van der Waals surface area contributed by atoms with Gasteiger partial charge in [0.1, 0.15) is 0 Å². The third-order valence-electron chi connectivity index (χ3n) is 5.37. The first-order valence-electron chi connectivity index (χ1n) is 9.57. The van der Waals surface area contributed by atoms with Crippen molar-refractivity contribution in [1.82, 2.24) is 19.6 Å². The number of aliphatic carboxylic acids is 1. The summed E-state index contributed by atoms with van der Waals surface area (Å²) in [4.78, 5) is 26.0. The van der Waals surface area contributed by atoms with Gasteiger partial charge in [-0.1, -0.05) is 0 Å². The van der Waals surface area contributed by atoms with Crippen LogP contribution < -0.4 is 0 Å². The minimum absolute atomic E-state index is 0.0713. The molecule has 0 radical (unpaired) electrons. The van der Waals surface area contributed by atoms with E-state index in [9.17, 15) is 18.0 Å². The van der Waals surface area contributed by atoms with Crippen LogP contribution in [-0.4, -0.2) is 81.1 Å². The van der Waals surface area contributed by atoms with Gasteiger partial charge in [-0.3, -0.25) is 14.4 Å². The van der Waals surface area contributed by atoms with Crippen molar-refractivity contribution in [1.29, 1.82) is 0 Å². The number of fused-ring (bicyclic) bond motifs is 2. The minimum Gasteiger partial charge on any atom is -0.475 e. The Hall–Kier alpha value is -2.14. The van der Waals surface area contributed by atoms with Gasteiger partial charge in [0.2, 0.25) is 5.91 Å². The van der Waals surface area contributed by atoms with Crippen LogP contribution in [0.25, 0.3) is 0 Å². The molecule has 0 aliphatic carbocycles. The first kappa shape index (κ1) is 21.6. The average Bonchev–Trinajstić information content (AvgIpc) is 3.35. The number of carboxylic acids is 1. The number of aryl methyl sites for hydroxylation is 1. The lowest BCUT2D eigenvalue weighted by Gasteiger charge is -2.32. The van der Waals surface area contributed by atoms with E-state index in [2.05, 4.69) is 16.2 Å². The fraction of sp³-hybridized carbons (Fsp3) is 0.722. The molecule has 4 rings (SSSR count). The van der Waals surface area contributed by atoms with Gasteiger partial charge in [0, 0.05) is 51.5 Å². The number of hydrogen-bond acceptors (Lipinski definition) is 5. The molecule has 1 amide bonds. The molecule has 4 heterocycles. The van der Waals surface area contributed by atoms with Crippen LogP contribution in [0, 0.1) is 5.92 Å². The van der Waals surface area contributed by atoms with E-state index in [0.29, 0.717) is 5.91 Å². The highest BCUT2D eigenvalue weighted by atomic mass is 19.4. The van der Waals surface area contributed by atoms with Crippen molar-refractivity contribution in [2.75, 3.05) is 26.2 Å². The Morgan fingerprint density at radius 2 is 1.93 bits per heavy atom. The molecule has 1 aromatic heterocycles. The van der Waals surface area contributed by atoms with Crippen molar-refractivity contribution < 1.29 is 32.6 Å². The van der Waals surface area contributed by atoms with Crippen LogP contribution in [-0.2, 0) is 27.9 Å². The van der Waals surface area contributed by atoms with Crippen molar-refractivity contribution >= 4 is 11.9 Å². The number of likely N-dealkylation sites (tertiary alicyclic amines) is 2. The lowest BCUT2D eigenvalue weighted by Crippen LogP contribution is -2.45. The number of alkyl halides is 3. The van der Waals surface area contributed by atoms with Gasteiger partial charge in [-0.2, -0.15) is 18.3 Å². The van der Waals surface area contributed by atoms with Crippen LogP contribution in [0.1, 0.15) is 24.8 Å². The number of ether oxygens (including phenoxy) is 1. The molecule has 162 valence electrons. The summed E-state index contributed by atoms with van der Waals surface area (Å²) < 4.78 is 39.6. The number of amides is 1. The minimum atomic E-state index is -5.08. The zero-order valence-corrected chi connectivity index (χ0v) is 16.1. The first-order chi connectivity index (χ1) is 13.6. The summed E-state index contributed by atoms with van der Waals surface area (Å²) in [6, 6.07) is 0. The highest BCUT2D eigenvalue weighted by molar-refractivity contribution is 5.80. The molecule has 3 atom stereocenters. The predicted molar refractivity (Wildman–Crippen MR) is 94.8 cm³/mol. The molecule has 0 spiro atoms. The summed E-state index contributed by atoms with van der Waals surface area (Å²) in [6.45, 7) is 4.55. The van der Waals surface area contributed by atoms with Crippen LogP contribution >= 0.6 is 0 Å². The van der Waals surface area contributed by atoms with E-state index in [4.69, 9.17) is 14.6 Å². The Bertz CT molecular complexity index is 733. The van der Waals surface area contributed by atoms with Gasteiger partial charge in [-0.25, -0.2) is 4.79 Å². The number of hydrogen-bond donors (Lipinski definition) is 1. The van der Waals surface area contributed by atoms with E-state index < -0.39 is 12.1 Å². The molecule has 1 aromatic rings. The summed E-state index contributed by atoms with van der Waals surface area (Å²) in [7, 11) is 1.94. The number of morpholine rings is 1. The third kappa shape index (κ3) is 5.47. The van der Waals surface area contributed by atoms with Crippen LogP contribution in [0.15, 0.2) is 12.4 Å². The smallest absolute Gasteiger partial charge is 0.475 e. The molecule has 3 aliphatic heterocycles. The molecule has 3 aliphatic rings. The van der Waals surface area contributed by atoms with Crippen LogP contribution in [0.2, 0.25) is 0 Å². The fourth-order valence-corrected chi connectivity index (χ4v) is 4.11. The van der Waals surface area contributed by atoms with E-state index in [0.717, 1.165) is 52.0 Å². The molecular formula is C18H25F3N4O4. The standard InChI is InChI=1S/C16H24N4O2.C2HF3O2/c1-18-8-12(7-17-18)9-19-10-13-6-14(15(11-19)22-13)16(21)20-4-2-3-5-20;3-2(4,5)1(6)7/h7-8,13-15H,2-6,9-11H2,1H3;(H,6,7). The molecular weight excluding hydrogens is 393 g/mol. The number of halogens is 3. The quantitative estimate of drug-likeness (QED) is 0.796. The predicted octanol–water partition coefficient (Wildman–Crippen LogP) is 1.27. The Kier molecular flexibility index (Phi) is 6.47. The van der Waals surface area contributed by atoms with Crippen molar-refractivity contribution in [3.8, 4) is 0 Å². The zero-order chi connectivity index (χ0) is 21.2. The molecule has 3 saturated heterocycles. The Morgan fingerprint density at radius 3 is 2.48 bits per heavy atom. The van der Waals surface area contributed by atoms with Crippen molar-refractivity contribution in [3.05, 3.63) is 18.0 Å². The number of carbonyl (C=O) groups excluding carboxylic acids is 1. The Morgan fingerprint density at radius 1 is 1.28 bits per heavy atom. The Labute approximate surface area is 166 Å². The maximum atomic E-state index is 12.7. The van der Waals surface area contributed by atoms with Gasteiger partial charge in [-0.05, 0) is 19.3 Å². The molecule has 2 bridgehead atoms. The second-order valence-corrected chi connectivity index (χ2v) is 7.69. The summed E-state index contributed by atoms with van der Waals surface area (Å²) in [5.74, 6) is -2.36. The van der Waals surface area contributed by atoms with Crippen LogP contribution in [0.5, 0.6) is 0 Å². The SMILES string of the molecule is Cn1cc(CN2CC3CC(C(=O)N4CCCC4)C(C2)O3)cn1.O=C(O)C(F)(F)F. The monoisotopic (exact) mass is 418 g/mol. The van der Waals surface area contributed by atoms with Crippen molar-refractivity contribution in [3.63, 3.8) is 0 Å². The fourth-order valence-electron chi connectivity index (χ4n) is 4.11. The summed E-state index contributed by atoms with van der Waals surface area (Å²) in [6.07, 6.45) is 2.38. The highest BCUT2D eigenvalue weighted by Crippen LogP contribution is 2.34. The number of carbonyl (C=O) groups is 2. The van der Waals surface area contributed by atoms with E-state index in [1.807, 2.05) is 22.8 Å². The largest absolute Gasteiger partial charge is 0.490 e. The highest BCUT2D eigenvalue weighted by Gasteiger charge is 2.46. The molecule has 8 nitrogen and oxygen atoms in total. The topological polar surface area (TPSA) is 87.9 Å². The van der Waals surface area contributed by atoms with E-state index in [1.54, 1.807) is 0 Å². The Balaban J connectivity index is 0.000000298. The number of carboxylic acid groups (broad SMARTS) is 1. The number of aromatic nitrogens is 2. The summed E-state index contributed by atoms with van der Waals surface area (Å²) in [5.41, 5.74) is 1.23.